The van der Waals surface area contributed by atoms with Crippen LogP contribution in [0.2, 0.25) is 0 Å². The number of hydrogen-bond acceptors (Lipinski definition) is 2. The molecule has 0 aliphatic heterocycles. The normalized spacial score (nSPS) is 11.8. The summed E-state index contributed by atoms with van der Waals surface area (Å²) in [5, 5.41) is 0. The fourth-order valence-electron chi connectivity index (χ4n) is 1.64. The van der Waals surface area contributed by atoms with E-state index in [2.05, 4.69) is 13.8 Å². The molecule has 0 fully saturated rings. The van der Waals surface area contributed by atoms with Crippen LogP contribution in [0.15, 0.2) is 30.3 Å². The number of benzene rings is 1. The molecule has 3 nitrogen and oxygen atoms in total. The topological polar surface area (TPSA) is 46.3 Å². The number of nitrogens with zero attached hydrogens (tertiary/aromatic N) is 1. The van der Waals surface area contributed by atoms with Crippen LogP contribution in [0.5, 0.6) is 0 Å². The van der Waals surface area contributed by atoms with E-state index in [1.54, 1.807) is 11.9 Å². The molecule has 1 amide bonds. The first kappa shape index (κ1) is 15.9. The fraction of sp³-hybridized carbons (Fsp3) is 0.462. The molecule has 0 heterocycles. The smallest absolute Gasteiger partial charge is 0.243 e. The van der Waals surface area contributed by atoms with E-state index in [1.807, 2.05) is 30.3 Å². The molecule has 2 N–H and O–H groups in total. The number of anilines is 1. The van der Waals surface area contributed by atoms with Crippen LogP contribution in [0.1, 0.15) is 20.3 Å². The first-order chi connectivity index (χ1) is 7.52. The van der Waals surface area contributed by atoms with Crippen LogP contribution in [0.25, 0.3) is 0 Å². The van der Waals surface area contributed by atoms with Gasteiger partial charge in [0.2, 0.25) is 5.91 Å². The third-order valence-corrected chi connectivity index (χ3v) is 2.52. The van der Waals surface area contributed by atoms with E-state index in [1.165, 1.54) is 0 Å². The summed E-state index contributed by atoms with van der Waals surface area (Å²) >= 11 is 0. The number of carbonyl (C=O) groups is 1. The summed E-state index contributed by atoms with van der Waals surface area (Å²) in [4.78, 5) is 13.6. The Balaban J connectivity index is 0.00000256. The molecule has 96 valence electrons. The average Bonchev–Trinajstić information content (AvgIpc) is 2.27. The minimum Gasteiger partial charge on any atom is -0.320 e. The Labute approximate surface area is 109 Å². The average molecular weight is 257 g/mol. The molecule has 0 radical (unpaired) electrons. The van der Waals surface area contributed by atoms with Gasteiger partial charge in [0.1, 0.15) is 0 Å². The van der Waals surface area contributed by atoms with E-state index >= 15 is 0 Å². The summed E-state index contributed by atoms with van der Waals surface area (Å²) in [6, 6.07) is 9.14. The Morgan fingerprint density at radius 1 is 1.29 bits per heavy atom. The number of rotatable bonds is 4. The van der Waals surface area contributed by atoms with E-state index in [0.29, 0.717) is 5.92 Å². The van der Waals surface area contributed by atoms with Gasteiger partial charge in [-0.3, -0.25) is 4.79 Å². The number of hydrogen-bond donors (Lipinski definition) is 1. The molecule has 0 bridgehead atoms. The van der Waals surface area contributed by atoms with Gasteiger partial charge < -0.3 is 10.6 Å². The lowest BCUT2D eigenvalue weighted by Gasteiger charge is -2.22. The highest BCUT2D eigenvalue weighted by Gasteiger charge is 2.19. The van der Waals surface area contributed by atoms with Crippen molar-refractivity contribution in [3.63, 3.8) is 0 Å². The van der Waals surface area contributed by atoms with Crippen molar-refractivity contribution in [2.45, 2.75) is 26.3 Å². The first-order valence-electron chi connectivity index (χ1n) is 5.60. The standard InChI is InChI=1S/C13H20N2O.ClH/c1-10(2)9-12(14)13(16)15(3)11-7-5-4-6-8-11;/h4-8,10,12H,9,14H2,1-3H3;1H/t12-;/m0./s1. The highest BCUT2D eigenvalue weighted by atomic mass is 35.5. The van der Waals surface area contributed by atoms with Crippen LogP contribution >= 0.6 is 12.4 Å². The Morgan fingerprint density at radius 2 is 1.82 bits per heavy atom. The third kappa shape index (κ3) is 4.75. The number of carbonyl (C=O) groups excluding carboxylic acids is 1. The quantitative estimate of drug-likeness (QED) is 0.900. The van der Waals surface area contributed by atoms with Gasteiger partial charge in [-0.15, -0.1) is 12.4 Å². The molecule has 17 heavy (non-hydrogen) atoms. The number of nitrogens with two attached hydrogens (primary N) is 1. The van der Waals surface area contributed by atoms with Gasteiger partial charge in [0.25, 0.3) is 0 Å². The highest BCUT2D eigenvalue weighted by Crippen LogP contribution is 2.13. The minimum absolute atomic E-state index is 0. The Kier molecular flexibility index (Phi) is 6.85. The van der Waals surface area contributed by atoms with Crippen molar-refractivity contribution < 1.29 is 4.79 Å². The van der Waals surface area contributed by atoms with E-state index in [9.17, 15) is 4.79 Å². The van der Waals surface area contributed by atoms with E-state index in [0.717, 1.165) is 12.1 Å². The Morgan fingerprint density at radius 3 is 2.29 bits per heavy atom. The largest absolute Gasteiger partial charge is 0.320 e. The van der Waals surface area contributed by atoms with E-state index in [-0.39, 0.29) is 18.3 Å². The molecule has 1 aromatic carbocycles. The molecule has 0 unspecified atom stereocenters. The van der Waals surface area contributed by atoms with Crippen LogP contribution in [0.3, 0.4) is 0 Å². The summed E-state index contributed by atoms with van der Waals surface area (Å²) in [5.41, 5.74) is 6.75. The van der Waals surface area contributed by atoms with Crippen molar-refractivity contribution in [1.29, 1.82) is 0 Å². The summed E-state index contributed by atoms with van der Waals surface area (Å²) < 4.78 is 0. The molecule has 0 aliphatic rings. The molecule has 0 saturated carbocycles. The first-order valence-corrected chi connectivity index (χ1v) is 5.60. The van der Waals surface area contributed by atoms with Crippen molar-refractivity contribution in [2.75, 3.05) is 11.9 Å². The van der Waals surface area contributed by atoms with Crippen molar-refractivity contribution in [2.24, 2.45) is 11.7 Å². The maximum absolute atomic E-state index is 12.0. The van der Waals surface area contributed by atoms with Crippen LogP contribution in [0.4, 0.5) is 5.69 Å². The zero-order valence-electron chi connectivity index (χ0n) is 10.6. The molecule has 1 rings (SSSR count). The Bertz CT molecular complexity index is 341. The fourth-order valence-corrected chi connectivity index (χ4v) is 1.64. The summed E-state index contributed by atoms with van der Waals surface area (Å²) in [6.07, 6.45) is 0.718. The zero-order valence-corrected chi connectivity index (χ0v) is 11.4. The minimum atomic E-state index is -0.412. The van der Waals surface area contributed by atoms with Gasteiger partial charge >= 0.3 is 0 Å². The van der Waals surface area contributed by atoms with Gasteiger partial charge in [-0.2, -0.15) is 0 Å². The second-order valence-corrected chi connectivity index (χ2v) is 4.47. The predicted molar refractivity (Wildman–Crippen MR) is 74.5 cm³/mol. The summed E-state index contributed by atoms with van der Waals surface area (Å²) in [6.45, 7) is 4.13. The van der Waals surface area contributed by atoms with Gasteiger partial charge in [0.15, 0.2) is 0 Å². The molecule has 1 aromatic rings. The molecular formula is C13H21ClN2O. The van der Waals surface area contributed by atoms with Gasteiger partial charge in [0, 0.05) is 12.7 Å². The molecule has 4 heteroatoms. The highest BCUT2D eigenvalue weighted by molar-refractivity contribution is 5.96. The van der Waals surface area contributed by atoms with Crippen LogP contribution in [0, 0.1) is 5.92 Å². The van der Waals surface area contributed by atoms with Gasteiger partial charge in [-0.05, 0) is 24.5 Å². The van der Waals surface area contributed by atoms with Gasteiger partial charge in [0.05, 0.1) is 6.04 Å². The van der Waals surface area contributed by atoms with Crippen LogP contribution < -0.4 is 10.6 Å². The maximum atomic E-state index is 12.0. The lowest BCUT2D eigenvalue weighted by molar-refractivity contribution is -0.119. The predicted octanol–water partition coefficient (Wildman–Crippen LogP) is 2.44. The number of amides is 1. The lowest BCUT2D eigenvalue weighted by Crippen LogP contribution is -2.42. The van der Waals surface area contributed by atoms with E-state index < -0.39 is 6.04 Å². The van der Waals surface area contributed by atoms with Crippen molar-refractivity contribution in [3.05, 3.63) is 30.3 Å². The van der Waals surface area contributed by atoms with Crippen molar-refractivity contribution >= 4 is 24.0 Å². The van der Waals surface area contributed by atoms with Crippen LogP contribution in [-0.2, 0) is 4.79 Å². The monoisotopic (exact) mass is 256 g/mol. The molecule has 0 aliphatic carbocycles. The molecule has 0 spiro atoms. The van der Waals surface area contributed by atoms with Gasteiger partial charge in [-0.25, -0.2) is 0 Å². The third-order valence-electron chi connectivity index (χ3n) is 2.52. The maximum Gasteiger partial charge on any atom is 0.243 e. The van der Waals surface area contributed by atoms with E-state index in [4.69, 9.17) is 5.73 Å². The summed E-state index contributed by atoms with van der Waals surface area (Å²) in [5.74, 6) is 0.406. The molecule has 0 saturated heterocycles. The van der Waals surface area contributed by atoms with Crippen molar-refractivity contribution in [1.82, 2.24) is 0 Å². The number of halogens is 1. The van der Waals surface area contributed by atoms with Crippen molar-refractivity contribution in [3.8, 4) is 0 Å². The van der Waals surface area contributed by atoms with Crippen LogP contribution in [-0.4, -0.2) is 19.0 Å². The second kappa shape index (κ2) is 7.30. The molecular weight excluding hydrogens is 236 g/mol. The zero-order chi connectivity index (χ0) is 12.1. The number of para-hydroxylation sites is 1. The molecule has 0 aromatic heterocycles. The number of likely N-dealkylation sites (N-methyl/N-ethyl adjacent to an activating group) is 1. The van der Waals surface area contributed by atoms with Gasteiger partial charge in [-0.1, -0.05) is 32.0 Å². The molecule has 1 atom stereocenters. The SMILES string of the molecule is CC(C)C[C@H](N)C(=O)N(C)c1ccccc1.Cl. The lowest BCUT2D eigenvalue weighted by atomic mass is 10.0. The Hall–Kier alpha value is -1.06. The second-order valence-electron chi connectivity index (χ2n) is 4.47. The summed E-state index contributed by atoms with van der Waals surface area (Å²) in [7, 11) is 1.76.